The van der Waals surface area contributed by atoms with Crippen LogP contribution in [0.25, 0.3) is 4.91 Å². The van der Waals surface area contributed by atoms with Crippen LogP contribution in [0, 0.1) is 0 Å². The minimum atomic E-state index is -1.93. The van der Waals surface area contributed by atoms with Gasteiger partial charge in [0.1, 0.15) is 0 Å². The molecule has 0 spiro atoms. The second-order valence-electron chi connectivity index (χ2n) is 8.07. The fraction of sp³-hybridized carbons (Fsp3) is 0.333. The van der Waals surface area contributed by atoms with E-state index in [0.717, 1.165) is 0 Å². The number of rotatable bonds is 4. The van der Waals surface area contributed by atoms with Crippen LogP contribution >= 0.6 is 33.6 Å². The Morgan fingerprint density at radius 2 is 1.39 bits per heavy atom. The molecule has 5 heteroatoms. The van der Waals surface area contributed by atoms with Crippen molar-refractivity contribution in [2.75, 3.05) is 0 Å². The number of allylic oxidation sites excluding steroid dienone is 2. The summed E-state index contributed by atoms with van der Waals surface area (Å²) in [5.74, 6) is 0. The average molecular weight is 576 g/mol. The first-order valence-electron chi connectivity index (χ1n) is 8.05. The van der Waals surface area contributed by atoms with E-state index in [2.05, 4.69) is 94.1 Å². The molecule has 0 fully saturated rings. The number of hydrogen-bond donors (Lipinski definition) is 1. The van der Waals surface area contributed by atoms with Crippen LogP contribution in [0.5, 0.6) is 0 Å². The molecule has 3 heterocycles. The fourth-order valence-electron chi connectivity index (χ4n) is 2.51. The van der Waals surface area contributed by atoms with Gasteiger partial charge in [-0.15, -0.1) is 0 Å². The van der Waals surface area contributed by atoms with E-state index in [9.17, 15) is 0 Å². The van der Waals surface area contributed by atoms with Crippen molar-refractivity contribution >= 4 is 81.0 Å². The molecule has 0 N–H and O–H groups in total. The van der Waals surface area contributed by atoms with Crippen molar-refractivity contribution in [3.63, 3.8) is 0 Å². The topological polar surface area (TPSA) is 0 Å². The van der Waals surface area contributed by atoms with E-state index >= 15 is 0 Å². The van der Waals surface area contributed by atoms with Gasteiger partial charge in [-0.2, -0.15) is 0 Å². The number of thiophene rings is 2. The Bertz CT molecular complexity index is 767. The zero-order valence-corrected chi connectivity index (χ0v) is 23.0. The predicted molar refractivity (Wildman–Crippen MR) is 119 cm³/mol. The zero-order chi connectivity index (χ0) is 16.8. The van der Waals surface area contributed by atoms with Gasteiger partial charge in [0.05, 0.1) is 0 Å². The molecule has 0 bridgehead atoms. The van der Waals surface area contributed by atoms with Gasteiger partial charge in [0.15, 0.2) is 0 Å². The van der Waals surface area contributed by atoms with Gasteiger partial charge >= 0.3 is 162 Å². The van der Waals surface area contributed by atoms with Gasteiger partial charge in [-0.1, -0.05) is 0 Å². The number of thiol groups is 1. The molecule has 0 aliphatic carbocycles. The molecule has 124 valence electrons. The summed E-state index contributed by atoms with van der Waals surface area (Å²) in [5, 5.41) is 2.44. The molecule has 23 heavy (non-hydrogen) atoms. The average Bonchev–Trinajstić information content (AvgIpc) is 3.16. The van der Waals surface area contributed by atoms with Crippen LogP contribution in [0.4, 0.5) is 0 Å². The molecule has 0 amide bonds. The minimum absolute atomic E-state index is 0.262. The normalized spacial score (nSPS) is 20.1. The Kier molecular flexibility index (Phi) is 5.55. The Morgan fingerprint density at radius 3 is 1.96 bits per heavy atom. The van der Waals surface area contributed by atoms with Gasteiger partial charge in [0.2, 0.25) is 0 Å². The third kappa shape index (κ3) is 4.15. The number of hydrogen-bond acceptors (Lipinski definition) is 2. The maximum absolute atomic E-state index is 2.51. The van der Waals surface area contributed by atoms with Crippen LogP contribution in [-0.4, -0.2) is 36.8 Å². The van der Waals surface area contributed by atoms with Crippen molar-refractivity contribution in [2.24, 2.45) is 0 Å². The molecule has 0 aromatic carbocycles. The van der Waals surface area contributed by atoms with Gasteiger partial charge in [0, 0.05) is 0 Å². The molecule has 1 atom stereocenters. The quantitative estimate of drug-likeness (QED) is 0.344. The molecule has 0 saturated carbocycles. The fourth-order valence-corrected chi connectivity index (χ4v) is 18.7. The SMILES string of the molecule is [CH3][Sn]([CH3])([CH3])[c]1ccc(C2=CC=C[SH]2c2cc[c]([Sn]([CH3])([CH3])[CH3])s2)s1. The maximum atomic E-state index is 2.51. The van der Waals surface area contributed by atoms with E-state index in [0.29, 0.717) is 0 Å². The van der Waals surface area contributed by atoms with E-state index in [1.165, 1.54) is 4.88 Å². The van der Waals surface area contributed by atoms with E-state index in [-0.39, 0.29) is 10.9 Å². The second kappa shape index (κ2) is 6.86. The van der Waals surface area contributed by atoms with Gasteiger partial charge in [-0.05, 0) is 0 Å². The molecule has 2 aromatic rings. The monoisotopic (exact) mass is 578 g/mol. The van der Waals surface area contributed by atoms with Crippen molar-refractivity contribution in [3.05, 3.63) is 46.7 Å². The predicted octanol–water partition coefficient (Wildman–Crippen LogP) is 5.83. The van der Waals surface area contributed by atoms with Crippen LogP contribution < -0.4 is 5.79 Å². The molecule has 1 aliphatic rings. The summed E-state index contributed by atoms with van der Waals surface area (Å²) in [7, 11) is -0.262. The molecule has 1 unspecified atom stereocenters. The molecule has 3 rings (SSSR count). The van der Waals surface area contributed by atoms with E-state index in [1.807, 2.05) is 0 Å². The summed E-state index contributed by atoms with van der Waals surface area (Å²) in [6.45, 7) is 0. The van der Waals surface area contributed by atoms with Crippen LogP contribution in [0.1, 0.15) is 4.88 Å². The molecule has 0 radical (unpaired) electrons. The molecule has 2 aromatic heterocycles. The summed E-state index contributed by atoms with van der Waals surface area (Å²) in [5.41, 5.74) is 0. The van der Waals surface area contributed by atoms with Crippen LogP contribution in [0.15, 0.2) is 46.0 Å². The molecular formula is C18H26S3Sn2. The standard InChI is InChI=1S/C12H8S3.6CH3.2Sn/c1-4-10(13-7-1)11-5-3-9-15(11)12-6-2-8-14-12;;;;;;;;/h1-6,9,15H;6*1H3;;. The van der Waals surface area contributed by atoms with Gasteiger partial charge in [0.25, 0.3) is 0 Å². The first-order chi connectivity index (χ1) is 10.7. The zero-order valence-electron chi connectivity index (χ0n) is 14.8. The molecule has 1 aliphatic heterocycles. The van der Waals surface area contributed by atoms with Gasteiger partial charge < -0.3 is 0 Å². The van der Waals surface area contributed by atoms with E-state index in [1.54, 1.807) is 14.9 Å². The summed E-state index contributed by atoms with van der Waals surface area (Å²) in [6, 6.07) is 9.63. The van der Waals surface area contributed by atoms with E-state index < -0.39 is 36.8 Å². The summed E-state index contributed by atoms with van der Waals surface area (Å²) >= 11 is 0.301. The van der Waals surface area contributed by atoms with Crippen molar-refractivity contribution < 1.29 is 0 Å². The Morgan fingerprint density at radius 1 is 0.783 bits per heavy atom. The van der Waals surface area contributed by atoms with Crippen LogP contribution in [0.3, 0.4) is 0 Å². The van der Waals surface area contributed by atoms with Crippen LogP contribution in [0.2, 0.25) is 29.6 Å². The third-order valence-corrected chi connectivity index (χ3v) is 27.9. The Labute approximate surface area is 159 Å². The molecule has 0 saturated heterocycles. The van der Waals surface area contributed by atoms with Crippen molar-refractivity contribution in [1.82, 2.24) is 0 Å². The van der Waals surface area contributed by atoms with Crippen LogP contribution in [-0.2, 0) is 0 Å². The summed E-state index contributed by atoms with van der Waals surface area (Å²) < 4.78 is 4.99. The first-order valence-corrected chi connectivity index (χ1v) is 31.1. The van der Waals surface area contributed by atoms with Gasteiger partial charge in [-0.25, -0.2) is 0 Å². The van der Waals surface area contributed by atoms with Crippen molar-refractivity contribution in [3.8, 4) is 0 Å². The first kappa shape index (κ1) is 18.6. The van der Waals surface area contributed by atoms with Crippen molar-refractivity contribution in [1.29, 1.82) is 0 Å². The molecule has 0 nitrogen and oxygen atoms in total. The Balaban J connectivity index is 1.90. The van der Waals surface area contributed by atoms with Crippen molar-refractivity contribution in [2.45, 2.75) is 33.8 Å². The summed E-state index contributed by atoms with van der Waals surface area (Å²) in [6.07, 6.45) is 4.64. The van der Waals surface area contributed by atoms with E-state index in [4.69, 9.17) is 0 Å². The Hall–Kier alpha value is 0.827. The summed E-state index contributed by atoms with van der Waals surface area (Å²) in [4.78, 5) is 18.2. The van der Waals surface area contributed by atoms with Gasteiger partial charge in [-0.3, -0.25) is 0 Å². The molecular weight excluding hydrogens is 550 g/mol. The second-order valence-corrected chi connectivity index (χ2v) is 43.4. The third-order valence-electron chi connectivity index (χ3n) is 3.91.